The second kappa shape index (κ2) is 6.84. The second-order valence-corrected chi connectivity index (χ2v) is 6.94. The lowest BCUT2D eigenvalue weighted by Gasteiger charge is -2.15. The van der Waals surface area contributed by atoms with Crippen molar-refractivity contribution in [2.75, 3.05) is 11.9 Å². The van der Waals surface area contributed by atoms with Crippen LogP contribution in [0.4, 0.5) is 10.5 Å². The van der Waals surface area contributed by atoms with Crippen molar-refractivity contribution < 1.29 is 14.6 Å². The summed E-state index contributed by atoms with van der Waals surface area (Å²) in [6.07, 6.45) is -0.603. The van der Waals surface area contributed by atoms with Crippen LogP contribution in [0.3, 0.4) is 0 Å². The van der Waals surface area contributed by atoms with Crippen molar-refractivity contribution in [3.63, 3.8) is 0 Å². The van der Waals surface area contributed by atoms with Crippen LogP contribution in [0.1, 0.15) is 17.0 Å². The van der Waals surface area contributed by atoms with Gasteiger partial charge in [0.25, 0.3) is 0 Å². The third-order valence-electron chi connectivity index (χ3n) is 4.56. The molecule has 0 fully saturated rings. The number of benzene rings is 3. The van der Waals surface area contributed by atoms with Gasteiger partial charge in [0.2, 0.25) is 0 Å². The van der Waals surface area contributed by atoms with Gasteiger partial charge >= 0.3 is 6.09 Å². The van der Waals surface area contributed by atoms with Crippen molar-refractivity contribution in [3.8, 4) is 16.9 Å². The van der Waals surface area contributed by atoms with E-state index in [1.807, 2.05) is 24.3 Å². The molecule has 0 spiro atoms. The highest BCUT2D eigenvalue weighted by atomic mass is 79.9. The molecule has 5 heteroatoms. The molecule has 130 valence electrons. The first-order chi connectivity index (χ1) is 12.6. The first-order valence-corrected chi connectivity index (χ1v) is 9.04. The molecule has 3 aromatic rings. The average molecular weight is 410 g/mol. The van der Waals surface area contributed by atoms with E-state index in [1.54, 1.807) is 12.1 Å². The Labute approximate surface area is 159 Å². The lowest BCUT2D eigenvalue weighted by molar-refractivity contribution is 0.158. The fraction of sp³-hybridized carbons (Fsp3) is 0.0952. The van der Waals surface area contributed by atoms with E-state index in [1.165, 1.54) is 17.2 Å². The van der Waals surface area contributed by atoms with Gasteiger partial charge in [0, 0.05) is 10.4 Å². The number of phenolic OH excluding ortho intramolecular Hbond substituents is 1. The number of hydrogen-bond acceptors (Lipinski definition) is 3. The molecular formula is C21H16BrNO3. The van der Waals surface area contributed by atoms with E-state index in [2.05, 4.69) is 45.5 Å². The topological polar surface area (TPSA) is 58.6 Å². The molecule has 0 saturated heterocycles. The summed E-state index contributed by atoms with van der Waals surface area (Å²) < 4.78 is 6.06. The van der Waals surface area contributed by atoms with Gasteiger partial charge < -0.3 is 9.84 Å². The van der Waals surface area contributed by atoms with Gasteiger partial charge in [0.1, 0.15) is 18.0 Å². The van der Waals surface area contributed by atoms with Gasteiger partial charge in [-0.15, -0.1) is 0 Å². The SMILES string of the molecule is O=C(Nc1c(O)cccc1Br)OCC1c2ccccc2-c2ccccc21. The molecule has 0 bridgehead atoms. The lowest BCUT2D eigenvalue weighted by atomic mass is 9.98. The molecule has 1 aliphatic rings. The maximum Gasteiger partial charge on any atom is 0.411 e. The molecule has 4 nitrogen and oxygen atoms in total. The predicted molar refractivity (Wildman–Crippen MR) is 104 cm³/mol. The molecule has 0 aliphatic heterocycles. The number of halogens is 1. The summed E-state index contributed by atoms with van der Waals surface area (Å²) in [4.78, 5) is 12.2. The fourth-order valence-corrected chi connectivity index (χ4v) is 3.83. The Bertz CT molecular complexity index is 921. The van der Waals surface area contributed by atoms with Gasteiger partial charge in [-0.1, -0.05) is 54.6 Å². The Balaban J connectivity index is 1.52. The first kappa shape index (κ1) is 16.7. The smallest absolute Gasteiger partial charge is 0.411 e. The number of ether oxygens (including phenoxy) is 1. The molecule has 0 radical (unpaired) electrons. The van der Waals surface area contributed by atoms with E-state index < -0.39 is 6.09 Å². The maximum absolute atomic E-state index is 12.2. The maximum atomic E-state index is 12.2. The largest absolute Gasteiger partial charge is 0.506 e. The number of amides is 1. The minimum atomic E-state index is -0.603. The summed E-state index contributed by atoms with van der Waals surface area (Å²) >= 11 is 3.31. The minimum absolute atomic E-state index is 0.000890. The summed E-state index contributed by atoms with van der Waals surface area (Å²) in [6.45, 7) is 0.227. The van der Waals surface area contributed by atoms with Crippen LogP contribution < -0.4 is 5.32 Å². The fourth-order valence-electron chi connectivity index (χ4n) is 3.37. The quantitative estimate of drug-likeness (QED) is 0.560. The molecule has 0 aromatic heterocycles. The van der Waals surface area contributed by atoms with Crippen LogP contribution in [0.15, 0.2) is 71.2 Å². The summed E-state index contributed by atoms with van der Waals surface area (Å²) in [6, 6.07) is 21.3. The van der Waals surface area contributed by atoms with Gasteiger partial charge in [0.05, 0.1) is 0 Å². The first-order valence-electron chi connectivity index (χ1n) is 8.24. The van der Waals surface area contributed by atoms with Crippen molar-refractivity contribution in [3.05, 3.63) is 82.3 Å². The normalized spacial score (nSPS) is 12.3. The highest BCUT2D eigenvalue weighted by Gasteiger charge is 2.29. The Morgan fingerprint density at radius 1 is 0.962 bits per heavy atom. The predicted octanol–water partition coefficient (Wildman–Crippen LogP) is 5.52. The molecule has 1 aliphatic carbocycles. The molecule has 0 unspecified atom stereocenters. The summed E-state index contributed by atoms with van der Waals surface area (Å²) in [5, 5.41) is 12.5. The highest BCUT2D eigenvalue weighted by molar-refractivity contribution is 9.10. The Hall–Kier alpha value is -2.79. The second-order valence-electron chi connectivity index (χ2n) is 6.08. The van der Waals surface area contributed by atoms with E-state index in [-0.39, 0.29) is 18.3 Å². The van der Waals surface area contributed by atoms with Gasteiger partial charge in [-0.05, 0) is 50.3 Å². The zero-order valence-electron chi connectivity index (χ0n) is 13.8. The number of fused-ring (bicyclic) bond motifs is 3. The summed E-state index contributed by atoms with van der Waals surface area (Å²) in [5.41, 5.74) is 4.97. The molecule has 2 N–H and O–H groups in total. The van der Waals surface area contributed by atoms with E-state index in [0.29, 0.717) is 10.2 Å². The summed E-state index contributed by atoms with van der Waals surface area (Å²) in [7, 11) is 0. The number of carbonyl (C=O) groups excluding carboxylic acids is 1. The van der Waals surface area contributed by atoms with Crippen LogP contribution in [-0.4, -0.2) is 17.8 Å². The van der Waals surface area contributed by atoms with Crippen LogP contribution in [0.25, 0.3) is 11.1 Å². The van der Waals surface area contributed by atoms with Crippen LogP contribution >= 0.6 is 15.9 Å². The van der Waals surface area contributed by atoms with Gasteiger partial charge in [-0.3, -0.25) is 5.32 Å². The van der Waals surface area contributed by atoms with Crippen molar-refractivity contribution in [1.29, 1.82) is 0 Å². The number of anilines is 1. The van der Waals surface area contributed by atoms with E-state index in [4.69, 9.17) is 4.74 Å². The zero-order valence-corrected chi connectivity index (χ0v) is 15.4. The Kier molecular flexibility index (Phi) is 4.39. The van der Waals surface area contributed by atoms with E-state index >= 15 is 0 Å². The number of rotatable bonds is 3. The van der Waals surface area contributed by atoms with Crippen LogP contribution in [-0.2, 0) is 4.74 Å². The molecule has 0 saturated carbocycles. The molecule has 3 aromatic carbocycles. The van der Waals surface area contributed by atoms with Crippen LogP contribution in [0, 0.1) is 0 Å². The molecule has 4 rings (SSSR count). The lowest BCUT2D eigenvalue weighted by Crippen LogP contribution is -2.18. The molecule has 1 amide bonds. The molecule has 0 atom stereocenters. The Morgan fingerprint density at radius 3 is 2.19 bits per heavy atom. The molecular weight excluding hydrogens is 394 g/mol. The van der Waals surface area contributed by atoms with Gasteiger partial charge in [-0.2, -0.15) is 0 Å². The number of hydrogen-bond donors (Lipinski definition) is 2. The molecule has 26 heavy (non-hydrogen) atoms. The number of phenols is 1. The number of aromatic hydroxyl groups is 1. The highest BCUT2D eigenvalue weighted by Crippen LogP contribution is 2.44. The average Bonchev–Trinajstić information content (AvgIpc) is 2.97. The minimum Gasteiger partial charge on any atom is -0.506 e. The van der Waals surface area contributed by atoms with Crippen molar-refractivity contribution >= 4 is 27.7 Å². The van der Waals surface area contributed by atoms with E-state index in [0.717, 1.165) is 11.1 Å². The van der Waals surface area contributed by atoms with Crippen molar-refractivity contribution in [2.24, 2.45) is 0 Å². The number of para-hydroxylation sites is 1. The monoisotopic (exact) mass is 409 g/mol. The third kappa shape index (κ3) is 2.95. The Morgan fingerprint density at radius 2 is 1.58 bits per heavy atom. The van der Waals surface area contributed by atoms with Gasteiger partial charge in [0.15, 0.2) is 0 Å². The van der Waals surface area contributed by atoms with Gasteiger partial charge in [-0.25, -0.2) is 4.79 Å². The zero-order chi connectivity index (χ0) is 18.1. The standard InChI is InChI=1S/C21H16BrNO3/c22-18-10-5-11-19(24)20(18)23-21(25)26-12-17-15-8-3-1-6-13(15)14-7-2-4-9-16(14)17/h1-11,17,24H,12H2,(H,23,25). The number of nitrogens with one attached hydrogen (secondary N) is 1. The van der Waals surface area contributed by atoms with Crippen molar-refractivity contribution in [2.45, 2.75) is 5.92 Å². The summed E-state index contributed by atoms with van der Waals surface area (Å²) in [5.74, 6) is -0.0196. The molecule has 0 heterocycles. The van der Waals surface area contributed by atoms with E-state index in [9.17, 15) is 9.90 Å². The third-order valence-corrected chi connectivity index (χ3v) is 5.22. The van der Waals surface area contributed by atoms with Crippen LogP contribution in [0.2, 0.25) is 0 Å². The number of carbonyl (C=O) groups is 1. The van der Waals surface area contributed by atoms with Crippen molar-refractivity contribution in [1.82, 2.24) is 0 Å². The van der Waals surface area contributed by atoms with Crippen LogP contribution in [0.5, 0.6) is 5.75 Å².